The van der Waals surface area contributed by atoms with Crippen molar-refractivity contribution in [2.24, 2.45) is 0 Å². The van der Waals surface area contributed by atoms with Crippen molar-refractivity contribution in [2.75, 3.05) is 0 Å². The fraction of sp³-hybridized carbons (Fsp3) is 0.250. The van der Waals surface area contributed by atoms with Crippen molar-refractivity contribution in [3.63, 3.8) is 0 Å². The summed E-state index contributed by atoms with van der Waals surface area (Å²) in [7, 11) is 0. The van der Waals surface area contributed by atoms with E-state index in [1.54, 1.807) is 13.0 Å². The molecule has 1 aromatic carbocycles. The molecule has 0 saturated heterocycles. The average Bonchev–Trinajstić information content (AvgIpc) is 2.40. The van der Waals surface area contributed by atoms with Crippen molar-refractivity contribution in [3.8, 4) is 22.9 Å². The van der Waals surface area contributed by atoms with Gasteiger partial charge in [-0.2, -0.15) is 5.26 Å². The van der Waals surface area contributed by atoms with E-state index in [4.69, 9.17) is 4.74 Å². The summed E-state index contributed by atoms with van der Waals surface area (Å²) in [6, 6.07) is 9.30. The second kappa shape index (κ2) is 6.15. The zero-order valence-corrected chi connectivity index (χ0v) is 13.6. The number of ether oxygens (including phenoxy) is 1. The quantitative estimate of drug-likeness (QED) is 0.919. The van der Waals surface area contributed by atoms with Crippen molar-refractivity contribution in [1.29, 1.82) is 5.26 Å². The number of aromatic amines is 1. The van der Waals surface area contributed by atoms with E-state index >= 15 is 0 Å². The lowest BCUT2D eigenvalue weighted by molar-refractivity contribution is 0.241. The normalized spacial score (nSPS) is 10.5. The van der Waals surface area contributed by atoms with E-state index in [0.29, 0.717) is 17.0 Å². The van der Waals surface area contributed by atoms with Gasteiger partial charge in [-0.25, -0.2) is 0 Å². The molecule has 1 heterocycles. The fourth-order valence-corrected chi connectivity index (χ4v) is 2.38. The lowest BCUT2D eigenvalue weighted by Gasteiger charge is -2.13. The first-order chi connectivity index (χ1) is 9.92. The lowest BCUT2D eigenvalue weighted by atomic mass is 10.0. The fourth-order valence-electron chi connectivity index (χ4n) is 2.04. The summed E-state index contributed by atoms with van der Waals surface area (Å²) < 4.78 is 6.56. The Kier molecular flexibility index (Phi) is 4.49. The molecule has 1 N–H and O–H groups in total. The number of aryl methyl sites for hydroxylation is 1. The van der Waals surface area contributed by atoms with Crippen LogP contribution in [0.15, 0.2) is 33.5 Å². The van der Waals surface area contributed by atoms with Crippen LogP contribution < -0.4 is 10.3 Å². The second-order valence-electron chi connectivity index (χ2n) is 4.99. The van der Waals surface area contributed by atoms with Gasteiger partial charge in [0.15, 0.2) is 0 Å². The average molecular weight is 347 g/mol. The Balaban J connectivity index is 2.63. The molecule has 5 heteroatoms. The highest BCUT2D eigenvalue weighted by molar-refractivity contribution is 9.10. The van der Waals surface area contributed by atoms with Gasteiger partial charge < -0.3 is 9.72 Å². The molecule has 0 amide bonds. The van der Waals surface area contributed by atoms with E-state index < -0.39 is 0 Å². The summed E-state index contributed by atoms with van der Waals surface area (Å²) in [4.78, 5) is 14.5. The van der Waals surface area contributed by atoms with Crippen LogP contribution in [0.2, 0.25) is 0 Å². The molecule has 2 rings (SSSR count). The van der Waals surface area contributed by atoms with E-state index in [9.17, 15) is 10.1 Å². The number of nitrogens with zero attached hydrogens (tertiary/aromatic N) is 1. The maximum absolute atomic E-state index is 11.9. The number of nitriles is 1. The number of hydrogen-bond donors (Lipinski definition) is 1. The van der Waals surface area contributed by atoms with Crippen molar-refractivity contribution in [1.82, 2.24) is 4.98 Å². The van der Waals surface area contributed by atoms with E-state index in [-0.39, 0.29) is 17.2 Å². The molecule has 0 aliphatic carbocycles. The summed E-state index contributed by atoms with van der Waals surface area (Å²) in [6.45, 7) is 5.67. The van der Waals surface area contributed by atoms with Gasteiger partial charge in [0.25, 0.3) is 5.56 Å². The van der Waals surface area contributed by atoms with Crippen molar-refractivity contribution >= 4 is 15.9 Å². The molecule has 0 aliphatic rings. The Morgan fingerprint density at radius 3 is 2.67 bits per heavy atom. The standard InChI is InChI=1S/C16H15BrN2O2/c1-9(2)21-15-7-11(4-5-14(15)17)12-6-10(3)19-16(20)13(12)8-18/h4-7,9H,1-3H3,(H,19,20). The van der Waals surface area contributed by atoms with Gasteiger partial charge in [0, 0.05) is 11.3 Å². The molecule has 0 saturated carbocycles. The van der Waals surface area contributed by atoms with Crippen LogP contribution in [0.5, 0.6) is 5.75 Å². The molecule has 0 unspecified atom stereocenters. The maximum atomic E-state index is 11.9. The Morgan fingerprint density at radius 2 is 2.05 bits per heavy atom. The molecule has 4 nitrogen and oxygen atoms in total. The first-order valence-corrected chi connectivity index (χ1v) is 7.32. The highest BCUT2D eigenvalue weighted by Gasteiger charge is 2.13. The van der Waals surface area contributed by atoms with E-state index in [2.05, 4.69) is 20.9 Å². The third-order valence-corrected chi connectivity index (χ3v) is 3.54. The van der Waals surface area contributed by atoms with Crippen LogP contribution >= 0.6 is 15.9 Å². The minimum atomic E-state index is -0.373. The molecule has 1 aromatic heterocycles. The van der Waals surface area contributed by atoms with Crippen molar-refractivity contribution in [2.45, 2.75) is 26.9 Å². The monoisotopic (exact) mass is 346 g/mol. The van der Waals surface area contributed by atoms with Crippen LogP contribution in [0.1, 0.15) is 25.1 Å². The van der Waals surface area contributed by atoms with E-state index in [1.807, 2.05) is 38.1 Å². The van der Waals surface area contributed by atoms with Crippen LogP contribution in [-0.4, -0.2) is 11.1 Å². The number of benzene rings is 1. The smallest absolute Gasteiger partial charge is 0.266 e. The van der Waals surface area contributed by atoms with Gasteiger partial charge in [0.2, 0.25) is 0 Å². The van der Waals surface area contributed by atoms with Crippen molar-refractivity contribution in [3.05, 3.63) is 50.3 Å². The summed E-state index contributed by atoms with van der Waals surface area (Å²) in [6.07, 6.45) is 0.0351. The Bertz CT molecular complexity index is 773. The zero-order chi connectivity index (χ0) is 15.6. The highest BCUT2D eigenvalue weighted by Crippen LogP contribution is 2.32. The van der Waals surface area contributed by atoms with Gasteiger partial charge in [-0.1, -0.05) is 6.07 Å². The second-order valence-corrected chi connectivity index (χ2v) is 5.85. The largest absolute Gasteiger partial charge is 0.490 e. The molecule has 0 aliphatic heterocycles. The van der Waals surface area contributed by atoms with Crippen LogP contribution in [-0.2, 0) is 0 Å². The summed E-state index contributed by atoms with van der Waals surface area (Å²) in [5.41, 5.74) is 1.84. The lowest BCUT2D eigenvalue weighted by Crippen LogP contribution is -2.12. The molecule has 21 heavy (non-hydrogen) atoms. The van der Waals surface area contributed by atoms with Crippen LogP contribution in [0.3, 0.4) is 0 Å². The van der Waals surface area contributed by atoms with E-state index in [1.165, 1.54) is 0 Å². The van der Waals surface area contributed by atoms with Gasteiger partial charge in [-0.3, -0.25) is 4.79 Å². The maximum Gasteiger partial charge on any atom is 0.266 e. The molecule has 0 fully saturated rings. The molecule has 0 bridgehead atoms. The topological polar surface area (TPSA) is 65.9 Å². The molecule has 108 valence electrons. The van der Waals surface area contributed by atoms with Crippen LogP contribution in [0.25, 0.3) is 11.1 Å². The highest BCUT2D eigenvalue weighted by atomic mass is 79.9. The number of pyridine rings is 1. The number of hydrogen-bond acceptors (Lipinski definition) is 3. The molecular weight excluding hydrogens is 332 g/mol. The minimum absolute atomic E-state index is 0.0351. The first-order valence-electron chi connectivity index (χ1n) is 6.53. The summed E-state index contributed by atoms with van der Waals surface area (Å²) in [5, 5.41) is 9.21. The number of nitrogens with one attached hydrogen (secondary N) is 1. The SMILES string of the molecule is Cc1cc(-c2ccc(Br)c(OC(C)C)c2)c(C#N)c(=O)[nH]1. The van der Waals surface area contributed by atoms with Crippen molar-refractivity contribution < 1.29 is 4.74 Å². The van der Waals surface area contributed by atoms with Gasteiger partial charge >= 0.3 is 0 Å². The van der Waals surface area contributed by atoms with Crippen LogP contribution in [0, 0.1) is 18.3 Å². The Labute approximate surface area is 131 Å². The van der Waals surface area contributed by atoms with Crippen LogP contribution in [0.4, 0.5) is 0 Å². The molecule has 2 aromatic rings. The third kappa shape index (κ3) is 3.34. The molecule has 0 atom stereocenters. The Hall–Kier alpha value is -2.06. The van der Waals surface area contributed by atoms with E-state index in [0.717, 1.165) is 10.0 Å². The predicted octanol–water partition coefficient (Wildman–Crippen LogP) is 3.77. The third-order valence-electron chi connectivity index (χ3n) is 2.88. The zero-order valence-electron chi connectivity index (χ0n) is 12.0. The number of halogens is 1. The van der Waals surface area contributed by atoms with Gasteiger partial charge in [0.05, 0.1) is 10.6 Å². The molecule has 0 radical (unpaired) electrons. The Morgan fingerprint density at radius 1 is 1.33 bits per heavy atom. The molecule has 0 spiro atoms. The summed E-state index contributed by atoms with van der Waals surface area (Å²) in [5.74, 6) is 0.685. The number of H-pyrrole nitrogens is 1. The minimum Gasteiger partial charge on any atom is -0.490 e. The molecular formula is C16H15BrN2O2. The van der Waals surface area contributed by atoms with Gasteiger partial charge in [-0.05, 0) is 60.5 Å². The predicted molar refractivity (Wildman–Crippen MR) is 85.4 cm³/mol. The van der Waals surface area contributed by atoms with Gasteiger partial charge in [0.1, 0.15) is 17.4 Å². The van der Waals surface area contributed by atoms with Gasteiger partial charge in [-0.15, -0.1) is 0 Å². The first kappa shape index (κ1) is 15.3. The number of rotatable bonds is 3. The summed E-state index contributed by atoms with van der Waals surface area (Å²) >= 11 is 3.44. The number of aromatic nitrogens is 1.